The van der Waals surface area contributed by atoms with Crippen LogP contribution >= 0.6 is 0 Å². The third-order valence-electron chi connectivity index (χ3n) is 4.43. The van der Waals surface area contributed by atoms with Crippen LogP contribution in [0.4, 0.5) is 5.82 Å². The lowest BCUT2D eigenvalue weighted by Gasteiger charge is -2.06. The second-order valence-electron chi connectivity index (χ2n) is 6.48. The number of rotatable bonds is 5. The number of nitrogen functional groups attached to an aromatic ring is 1. The van der Waals surface area contributed by atoms with Gasteiger partial charge in [-0.1, -0.05) is 68.3 Å². The number of nitrogens with two attached hydrogens (primary N) is 1. The zero-order valence-electron chi connectivity index (χ0n) is 15.7. The van der Waals surface area contributed by atoms with Gasteiger partial charge in [0.15, 0.2) is 0 Å². The Hall–Kier alpha value is -3.14. The molecule has 0 spiro atoms. The minimum Gasteiger partial charge on any atom is -0.382 e. The maximum absolute atomic E-state index is 5.65. The van der Waals surface area contributed by atoms with Crippen LogP contribution in [0.2, 0.25) is 0 Å². The Bertz CT molecular complexity index is 909. The SMILES string of the molecule is CCCCCc1ccccc1-c1nc(N)c[nH]1.c1ccc2ncccc2c1. The first-order valence-corrected chi connectivity index (χ1v) is 9.47. The van der Waals surface area contributed by atoms with Gasteiger partial charge < -0.3 is 10.7 Å². The summed E-state index contributed by atoms with van der Waals surface area (Å²) in [6.07, 6.45) is 8.39. The van der Waals surface area contributed by atoms with E-state index in [1.807, 2.05) is 36.5 Å². The van der Waals surface area contributed by atoms with Gasteiger partial charge in [0, 0.05) is 23.3 Å². The van der Waals surface area contributed by atoms with E-state index >= 15 is 0 Å². The first kappa shape index (κ1) is 18.6. The molecule has 4 aromatic rings. The maximum atomic E-state index is 5.65. The van der Waals surface area contributed by atoms with E-state index in [4.69, 9.17) is 5.73 Å². The minimum atomic E-state index is 0.545. The molecule has 0 fully saturated rings. The third-order valence-corrected chi connectivity index (χ3v) is 4.43. The number of unbranched alkanes of at least 4 members (excludes halogenated alkanes) is 2. The van der Waals surface area contributed by atoms with Gasteiger partial charge in [0.1, 0.15) is 11.6 Å². The Morgan fingerprint density at radius 1 is 0.926 bits per heavy atom. The van der Waals surface area contributed by atoms with Crippen molar-refractivity contribution in [2.75, 3.05) is 5.73 Å². The lowest BCUT2D eigenvalue weighted by molar-refractivity contribution is 0.718. The number of pyridine rings is 1. The van der Waals surface area contributed by atoms with Crippen molar-refractivity contribution in [3.05, 3.63) is 78.6 Å². The number of para-hydroxylation sites is 1. The zero-order valence-corrected chi connectivity index (χ0v) is 15.7. The first-order valence-electron chi connectivity index (χ1n) is 9.47. The number of aryl methyl sites for hydroxylation is 1. The standard InChI is InChI=1S/C14H19N3.C9H7N/c1-2-3-4-7-11-8-5-6-9-12(11)14-16-10-13(15)17-14;1-2-6-9-8(4-1)5-3-7-10-9/h5-6,8-10H,2-4,7,15H2,1H3,(H,16,17);1-7H. The lowest BCUT2D eigenvalue weighted by Crippen LogP contribution is -1.92. The molecule has 0 aliphatic rings. The fourth-order valence-corrected chi connectivity index (χ4v) is 3.02. The highest BCUT2D eigenvalue weighted by molar-refractivity contribution is 5.77. The predicted molar refractivity (Wildman–Crippen MR) is 113 cm³/mol. The van der Waals surface area contributed by atoms with E-state index in [1.165, 1.54) is 35.8 Å². The Labute approximate surface area is 160 Å². The van der Waals surface area contributed by atoms with Gasteiger partial charge in [0.25, 0.3) is 0 Å². The van der Waals surface area contributed by atoms with Crippen molar-refractivity contribution in [1.82, 2.24) is 15.0 Å². The lowest BCUT2D eigenvalue weighted by atomic mass is 10.0. The average Bonchev–Trinajstić information content (AvgIpc) is 3.15. The van der Waals surface area contributed by atoms with Crippen molar-refractivity contribution in [3.8, 4) is 11.4 Å². The number of nitrogens with one attached hydrogen (secondary N) is 1. The van der Waals surface area contributed by atoms with Crippen molar-refractivity contribution in [2.45, 2.75) is 32.6 Å². The summed E-state index contributed by atoms with van der Waals surface area (Å²) in [7, 11) is 0. The summed E-state index contributed by atoms with van der Waals surface area (Å²) >= 11 is 0. The zero-order chi connectivity index (χ0) is 18.9. The fourth-order valence-electron chi connectivity index (χ4n) is 3.02. The number of benzene rings is 2. The van der Waals surface area contributed by atoms with Crippen LogP contribution < -0.4 is 5.73 Å². The smallest absolute Gasteiger partial charge is 0.142 e. The summed E-state index contributed by atoms with van der Waals surface area (Å²) in [4.78, 5) is 11.6. The number of imidazole rings is 1. The van der Waals surface area contributed by atoms with Gasteiger partial charge in [0.2, 0.25) is 0 Å². The molecule has 4 nitrogen and oxygen atoms in total. The second kappa shape index (κ2) is 9.53. The van der Waals surface area contributed by atoms with Crippen LogP contribution in [0.3, 0.4) is 0 Å². The number of aromatic nitrogens is 3. The topological polar surface area (TPSA) is 67.6 Å². The molecule has 0 saturated carbocycles. The Balaban J connectivity index is 0.000000177. The summed E-state index contributed by atoms with van der Waals surface area (Å²) in [5.41, 5.74) is 9.22. The van der Waals surface area contributed by atoms with Gasteiger partial charge in [0.05, 0.1) is 5.52 Å². The van der Waals surface area contributed by atoms with Crippen molar-refractivity contribution < 1.29 is 0 Å². The number of hydrogen-bond acceptors (Lipinski definition) is 3. The van der Waals surface area contributed by atoms with E-state index in [2.05, 4.69) is 52.2 Å². The molecule has 2 heterocycles. The first-order chi connectivity index (χ1) is 13.3. The van der Waals surface area contributed by atoms with E-state index in [1.54, 1.807) is 6.20 Å². The average molecular weight is 358 g/mol. The second-order valence-corrected chi connectivity index (χ2v) is 6.48. The van der Waals surface area contributed by atoms with Crippen LogP contribution in [0, 0.1) is 0 Å². The fraction of sp³-hybridized carbons (Fsp3) is 0.217. The Morgan fingerprint density at radius 2 is 1.70 bits per heavy atom. The molecule has 0 amide bonds. The van der Waals surface area contributed by atoms with E-state index in [0.29, 0.717) is 5.82 Å². The van der Waals surface area contributed by atoms with E-state index in [9.17, 15) is 0 Å². The van der Waals surface area contributed by atoms with Crippen molar-refractivity contribution >= 4 is 16.7 Å². The highest BCUT2D eigenvalue weighted by Crippen LogP contribution is 2.23. The van der Waals surface area contributed by atoms with Crippen LogP contribution in [-0.4, -0.2) is 15.0 Å². The molecule has 4 rings (SSSR count). The van der Waals surface area contributed by atoms with E-state index in [-0.39, 0.29) is 0 Å². The molecule has 138 valence electrons. The van der Waals surface area contributed by atoms with Gasteiger partial charge >= 0.3 is 0 Å². The number of fused-ring (bicyclic) bond motifs is 1. The molecule has 2 aromatic carbocycles. The molecular weight excluding hydrogens is 332 g/mol. The van der Waals surface area contributed by atoms with Crippen LogP contribution in [0.5, 0.6) is 0 Å². The number of H-pyrrole nitrogens is 1. The molecule has 0 saturated heterocycles. The molecule has 3 N–H and O–H groups in total. The van der Waals surface area contributed by atoms with Gasteiger partial charge in [-0.25, -0.2) is 4.98 Å². The van der Waals surface area contributed by atoms with Crippen LogP contribution in [0.15, 0.2) is 73.1 Å². The molecule has 0 aliphatic heterocycles. The molecule has 0 aliphatic carbocycles. The van der Waals surface area contributed by atoms with E-state index < -0.39 is 0 Å². The largest absolute Gasteiger partial charge is 0.382 e. The minimum absolute atomic E-state index is 0.545. The van der Waals surface area contributed by atoms with Gasteiger partial charge in [-0.3, -0.25) is 4.98 Å². The third kappa shape index (κ3) is 5.17. The molecule has 0 radical (unpaired) electrons. The van der Waals surface area contributed by atoms with Crippen LogP contribution in [-0.2, 0) is 6.42 Å². The number of hydrogen-bond donors (Lipinski definition) is 2. The molecule has 0 unspecified atom stereocenters. The molecule has 2 aromatic heterocycles. The quantitative estimate of drug-likeness (QED) is 0.455. The normalized spacial score (nSPS) is 10.4. The summed E-state index contributed by atoms with van der Waals surface area (Å²) in [5, 5.41) is 1.20. The number of nitrogens with zero attached hydrogens (tertiary/aromatic N) is 2. The van der Waals surface area contributed by atoms with E-state index in [0.717, 1.165) is 17.8 Å². The van der Waals surface area contributed by atoms with Crippen LogP contribution in [0.25, 0.3) is 22.3 Å². The Morgan fingerprint density at radius 3 is 2.48 bits per heavy atom. The number of aromatic amines is 1. The van der Waals surface area contributed by atoms with Crippen LogP contribution in [0.1, 0.15) is 31.7 Å². The summed E-state index contributed by atoms with van der Waals surface area (Å²) in [5.74, 6) is 1.41. The van der Waals surface area contributed by atoms with Crippen molar-refractivity contribution in [1.29, 1.82) is 0 Å². The predicted octanol–water partition coefficient (Wildman–Crippen LogP) is 5.63. The van der Waals surface area contributed by atoms with Crippen molar-refractivity contribution in [2.24, 2.45) is 0 Å². The summed E-state index contributed by atoms with van der Waals surface area (Å²) in [6.45, 7) is 2.22. The van der Waals surface area contributed by atoms with Gasteiger partial charge in [-0.15, -0.1) is 0 Å². The summed E-state index contributed by atoms with van der Waals surface area (Å²) in [6, 6.07) is 20.5. The highest BCUT2D eigenvalue weighted by Gasteiger charge is 2.07. The molecule has 0 bridgehead atoms. The van der Waals surface area contributed by atoms with Gasteiger partial charge in [-0.05, 0) is 30.5 Å². The maximum Gasteiger partial charge on any atom is 0.142 e. The molecule has 0 atom stereocenters. The highest BCUT2D eigenvalue weighted by atomic mass is 15.0. The summed E-state index contributed by atoms with van der Waals surface area (Å²) < 4.78 is 0. The Kier molecular flexibility index (Phi) is 6.58. The van der Waals surface area contributed by atoms with Crippen molar-refractivity contribution in [3.63, 3.8) is 0 Å². The van der Waals surface area contributed by atoms with Gasteiger partial charge in [-0.2, -0.15) is 0 Å². The molecular formula is C23H26N4. The molecule has 4 heteroatoms. The number of anilines is 1. The molecule has 27 heavy (non-hydrogen) atoms. The monoisotopic (exact) mass is 358 g/mol.